The van der Waals surface area contributed by atoms with Gasteiger partial charge in [0.2, 0.25) is 0 Å². The van der Waals surface area contributed by atoms with Gasteiger partial charge in [0.1, 0.15) is 5.82 Å². The van der Waals surface area contributed by atoms with E-state index in [1.165, 1.54) is 18.2 Å². The minimum atomic E-state index is -0.451. The van der Waals surface area contributed by atoms with Gasteiger partial charge in [-0.15, -0.1) is 0 Å². The largest absolute Gasteiger partial charge is 0.395 e. The van der Waals surface area contributed by atoms with Gasteiger partial charge in [0, 0.05) is 18.7 Å². The van der Waals surface area contributed by atoms with Gasteiger partial charge in [0.15, 0.2) is 0 Å². The van der Waals surface area contributed by atoms with Crippen LogP contribution < -0.4 is 10.6 Å². The number of carbonyl (C=O) groups is 1. The number of halogens is 1. The molecule has 1 aromatic rings. The maximum absolute atomic E-state index is 13.5. The molecule has 0 aliphatic carbocycles. The van der Waals surface area contributed by atoms with E-state index in [1.807, 2.05) is 6.92 Å². The Morgan fingerprint density at radius 1 is 1.45 bits per heavy atom. The second-order valence-corrected chi connectivity index (χ2v) is 4.20. The van der Waals surface area contributed by atoms with Crippen molar-refractivity contribution >= 4 is 11.7 Å². The highest BCUT2D eigenvalue weighted by molar-refractivity contribution is 5.89. The first-order valence-corrected chi connectivity index (χ1v) is 6.61. The molecule has 1 aromatic carbocycles. The van der Waals surface area contributed by atoms with Gasteiger partial charge in [-0.25, -0.2) is 9.18 Å². The van der Waals surface area contributed by atoms with Gasteiger partial charge in [-0.2, -0.15) is 0 Å². The first-order valence-electron chi connectivity index (χ1n) is 6.61. The zero-order valence-electron chi connectivity index (χ0n) is 11.5. The lowest BCUT2D eigenvalue weighted by atomic mass is 10.2. The van der Waals surface area contributed by atoms with Crippen LogP contribution in [0.4, 0.5) is 14.9 Å². The number of hydrogen-bond acceptors (Lipinski definition) is 2. The molecule has 0 aliphatic rings. The van der Waals surface area contributed by atoms with Crippen LogP contribution >= 0.6 is 0 Å². The van der Waals surface area contributed by atoms with Gasteiger partial charge in [-0.05, 0) is 24.6 Å². The SMILES string of the molecule is CCCCNC(=O)Nc1ccc(F)c(C#CCCO)c1. The molecule has 0 heterocycles. The van der Waals surface area contributed by atoms with Crippen LogP contribution in [0.25, 0.3) is 0 Å². The van der Waals surface area contributed by atoms with E-state index in [0.29, 0.717) is 12.2 Å². The fraction of sp³-hybridized carbons (Fsp3) is 0.400. The number of aliphatic hydroxyl groups is 1. The maximum Gasteiger partial charge on any atom is 0.319 e. The molecule has 2 amide bonds. The Bertz CT molecular complexity index is 506. The highest BCUT2D eigenvalue weighted by Gasteiger charge is 2.04. The Labute approximate surface area is 118 Å². The predicted molar refractivity (Wildman–Crippen MR) is 76.9 cm³/mol. The van der Waals surface area contributed by atoms with Crippen molar-refractivity contribution in [3.8, 4) is 11.8 Å². The number of rotatable bonds is 5. The third-order valence-corrected chi connectivity index (χ3v) is 2.50. The van der Waals surface area contributed by atoms with Gasteiger partial charge in [0.25, 0.3) is 0 Å². The highest BCUT2D eigenvalue weighted by Crippen LogP contribution is 2.13. The van der Waals surface area contributed by atoms with Crippen molar-refractivity contribution in [3.63, 3.8) is 0 Å². The summed E-state index contributed by atoms with van der Waals surface area (Å²) in [6, 6.07) is 3.88. The second-order valence-electron chi connectivity index (χ2n) is 4.20. The predicted octanol–water partition coefficient (Wildman–Crippen LogP) is 2.48. The lowest BCUT2D eigenvalue weighted by molar-refractivity contribution is 0.252. The second kappa shape index (κ2) is 8.94. The minimum absolute atomic E-state index is 0.0631. The topological polar surface area (TPSA) is 61.4 Å². The minimum Gasteiger partial charge on any atom is -0.395 e. The molecule has 0 saturated heterocycles. The van der Waals surface area contributed by atoms with Crippen LogP contribution in [0, 0.1) is 17.7 Å². The molecule has 4 nitrogen and oxygen atoms in total. The van der Waals surface area contributed by atoms with Gasteiger partial charge in [-0.3, -0.25) is 0 Å². The molecule has 5 heteroatoms. The van der Waals surface area contributed by atoms with Crippen molar-refractivity contribution < 1.29 is 14.3 Å². The molecular weight excluding hydrogens is 259 g/mol. The van der Waals surface area contributed by atoms with Crippen LogP contribution in [0.2, 0.25) is 0 Å². The van der Waals surface area contributed by atoms with E-state index in [2.05, 4.69) is 22.5 Å². The molecule has 108 valence electrons. The standard InChI is InChI=1S/C15H19FN2O2/c1-2-3-9-17-15(20)18-13-7-8-14(16)12(11-13)6-4-5-10-19/h7-8,11,19H,2-3,5,9-10H2,1H3,(H2,17,18,20). The summed E-state index contributed by atoms with van der Waals surface area (Å²) >= 11 is 0. The lowest BCUT2D eigenvalue weighted by Gasteiger charge is -2.07. The van der Waals surface area contributed by atoms with E-state index in [4.69, 9.17) is 5.11 Å². The Kier molecular flexibility index (Phi) is 7.15. The number of anilines is 1. The summed E-state index contributed by atoms with van der Waals surface area (Å²) in [5, 5.41) is 14.0. The van der Waals surface area contributed by atoms with Gasteiger partial charge in [0.05, 0.1) is 12.2 Å². The molecule has 0 aromatic heterocycles. The Hall–Kier alpha value is -2.06. The zero-order valence-corrected chi connectivity index (χ0v) is 11.5. The summed E-state index contributed by atoms with van der Waals surface area (Å²) in [7, 11) is 0. The molecule has 1 rings (SSSR count). The molecular formula is C15H19FN2O2. The van der Waals surface area contributed by atoms with Gasteiger partial charge >= 0.3 is 6.03 Å². The fourth-order valence-electron chi connectivity index (χ4n) is 1.47. The first kappa shape index (κ1) is 16.0. The molecule has 0 atom stereocenters. The molecule has 20 heavy (non-hydrogen) atoms. The number of hydrogen-bond donors (Lipinski definition) is 3. The summed E-state index contributed by atoms with van der Waals surface area (Å²) in [5.41, 5.74) is 0.679. The molecule has 0 aliphatic heterocycles. The third kappa shape index (κ3) is 5.72. The Morgan fingerprint density at radius 3 is 2.95 bits per heavy atom. The summed E-state index contributed by atoms with van der Waals surface area (Å²) in [6.07, 6.45) is 2.20. The molecule has 0 fully saturated rings. The average molecular weight is 278 g/mol. The summed E-state index contributed by atoms with van der Waals surface area (Å²) in [4.78, 5) is 11.6. The van der Waals surface area contributed by atoms with Crippen molar-refractivity contribution in [1.29, 1.82) is 0 Å². The van der Waals surface area contributed by atoms with E-state index < -0.39 is 5.82 Å². The molecule has 3 N–H and O–H groups in total. The van der Waals surface area contributed by atoms with Crippen LogP contribution in [-0.2, 0) is 0 Å². The van der Waals surface area contributed by atoms with Crippen molar-refractivity contribution in [3.05, 3.63) is 29.6 Å². The fourth-order valence-corrected chi connectivity index (χ4v) is 1.47. The normalized spacial score (nSPS) is 9.55. The van der Waals surface area contributed by atoms with E-state index in [-0.39, 0.29) is 24.6 Å². The average Bonchev–Trinajstić information content (AvgIpc) is 2.43. The number of benzene rings is 1. The quantitative estimate of drug-likeness (QED) is 0.572. The number of nitrogens with one attached hydrogen (secondary N) is 2. The van der Waals surface area contributed by atoms with E-state index in [1.54, 1.807) is 0 Å². The van der Waals surface area contributed by atoms with E-state index in [9.17, 15) is 9.18 Å². The van der Waals surface area contributed by atoms with Gasteiger partial charge in [-0.1, -0.05) is 25.2 Å². The molecule has 0 bridgehead atoms. The van der Waals surface area contributed by atoms with Crippen molar-refractivity contribution in [2.75, 3.05) is 18.5 Å². The monoisotopic (exact) mass is 278 g/mol. The molecule has 0 radical (unpaired) electrons. The third-order valence-electron chi connectivity index (χ3n) is 2.50. The number of carbonyl (C=O) groups excluding carboxylic acids is 1. The molecule has 0 spiro atoms. The van der Waals surface area contributed by atoms with Crippen molar-refractivity contribution in [2.45, 2.75) is 26.2 Å². The smallest absolute Gasteiger partial charge is 0.319 e. The van der Waals surface area contributed by atoms with E-state index in [0.717, 1.165) is 12.8 Å². The molecule has 0 unspecified atom stereocenters. The first-order chi connectivity index (χ1) is 9.67. The molecule has 0 saturated carbocycles. The summed E-state index contributed by atoms with van der Waals surface area (Å²) in [5.74, 6) is 4.82. The zero-order chi connectivity index (χ0) is 14.8. The van der Waals surface area contributed by atoms with Crippen LogP contribution in [0.15, 0.2) is 18.2 Å². The maximum atomic E-state index is 13.5. The van der Waals surface area contributed by atoms with E-state index >= 15 is 0 Å². The summed E-state index contributed by atoms with van der Waals surface area (Å²) in [6.45, 7) is 2.58. The van der Waals surface area contributed by atoms with Crippen molar-refractivity contribution in [1.82, 2.24) is 5.32 Å². The van der Waals surface area contributed by atoms with Crippen LogP contribution in [0.3, 0.4) is 0 Å². The van der Waals surface area contributed by atoms with Crippen LogP contribution in [-0.4, -0.2) is 24.3 Å². The number of aliphatic hydroxyl groups excluding tert-OH is 1. The number of urea groups is 1. The van der Waals surface area contributed by atoms with Crippen molar-refractivity contribution in [2.24, 2.45) is 0 Å². The highest BCUT2D eigenvalue weighted by atomic mass is 19.1. The summed E-state index contributed by atoms with van der Waals surface area (Å²) < 4.78 is 13.5. The van der Waals surface area contributed by atoms with Crippen LogP contribution in [0.5, 0.6) is 0 Å². The Morgan fingerprint density at radius 2 is 2.25 bits per heavy atom. The lowest BCUT2D eigenvalue weighted by Crippen LogP contribution is -2.29. The Balaban J connectivity index is 2.65. The van der Waals surface area contributed by atoms with Crippen LogP contribution in [0.1, 0.15) is 31.7 Å². The number of unbranched alkanes of at least 4 members (excludes halogenated alkanes) is 1. The number of amides is 2. The van der Waals surface area contributed by atoms with Gasteiger partial charge < -0.3 is 15.7 Å².